The van der Waals surface area contributed by atoms with Gasteiger partial charge in [-0.15, -0.1) is 0 Å². The Balaban J connectivity index is 2.32. The third-order valence-electron chi connectivity index (χ3n) is 0.983. The second-order valence-electron chi connectivity index (χ2n) is 1.60. The van der Waals surface area contributed by atoms with Crippen LogP contribution in [0, 0.1) is 0 Å². The van der Waals surface area contributed by atoms with E-state index in [1.165, 1.54) is 0 Å². The van der Waals surface area contributed by atoms with Gasteiger partial charge < -0.3 is 5.02 Å². The van der Waals surface area contributed by atoms with E-state index in [1.54, 1.807) is 0 Å². The van der Waals surface area contributed by atoms with Gasteiger partial charge in [0.25, 0.3) is 6.92 Å². The first-order valence-electron chi connectivity index (χ1n) is 2.22. The van der Waals surface area contributed by atoms with Crippen molar-refractivity contribution in [1.82, 2.24) is 0 Å². The first-order valence-corrected chi connectivity index (χ1v) is 2.22. The molecular weight excluding hydrogens is 74.9 g/mol. The van der Waals surface area contributed by atoms with Crippen molar-refractivity contribution in [3.63, 3.8) is 0 Å². The van der Waals surface area contributed by atoms with Crippen LogP contribution in [0.15, 0.2) is 12.2 Å². The monoisotopic (exact) mass is 82.1 g/mol. The molecule has 0 fully saturated rings. The second-order valence-corrected chi connectivity index (χ2v) is 1.60. The lowest BCUT2D eigenvalue weighted by molar-refractivity contribution is 0.580. The standard InChI is InChI=1S/C4H7BO/c6-5-3-1-2-4-5/h1-2,6H,3-4H2. The van der Waals surface area contributed by atoms with E-state index in [9.17, 15) is 0 Å². The minimum Gasteiger partial charge on any atom is -0.450 e. The van der Waals surface area contributed by atoms with Crippen molar-refractivity contribution in [3.05, 3.63) is 12.2 Å². The summed E-state index contributed by atoms with van der Waals surface area (Å²) < 4.78 is 0. The maximum Gasteiger partial charge on any atom is 0.296 e. The number of allylic oxidation sites excluding steroid dienone is 2. The van der Waals surface area contributed by atoms with Crippen molar-refractivity contribution in [1.29, 1.82) is 0 Å². The van der Waals surface area contributed by atoms with Gasteiger partial charge in [-0.3, -0.25) is 0 Å². The molecule has 1 aliphatic heterocycles. The third kappa shape index (κ3) is 0.629. The highest BCUT2D eigenvalue weighted by molar-refractivity contribution is 6.52. The van der Waals surface area contributed by atoms with Crippen LogP contribution in [0.4, 0.5) is 0 Å². The van der Waals surface area contributed by atoms with Gasteiger partial charge in [0.05, 0.1) is 0 Å². The molecule has 2 heteroatoms. The van der Waals surface area contributed by atoms with Crippen LogP contribution >= 0.6 is 0 Å². The molecule has 0 amide bonds. The highest BCUT2D eigenvalue weighted by Gasteiger charge is 2.09. The molecule has 0 unspecified atom stereocenters. The van der Waals surface area contributed by atoms with Gasteiger partial charge in [0.2, 0.25) is 0 Å². The summed E-state index contributed by atoms with van der Waals surface area (Å²) in [6.45, 7) is -0.0648. The van der Waals surface area contributed by atoms with E-state index >= 15 is 0 Å². The molecular formula is C4H7BO. The quantitative estimate of drug-likeness (QED) is 0.334. The van der Waals surface area contributed by atoms with E-state index in [0.29, 0.717) is 0 Å². The zero-order valence-corrected chi connectivity index (χ0v) is 3.59. The molecule has 0 aliphatic carbocycles. The fourth-order valence-corrected chi connectivity index (χ4v) is 0.603. The van der Waals surface area contributed by atoms with E-state index < -0.39 is 0 Å². The Morgan fingerprint density at radius 2 is 1.83 bits per heavy atom. The van der Waals surface area contributed by atoms with Gasteiger partial charge in [-0.05, 0) is 12.6 Å². The number of hydrogen-bond donors (Lipinski definition) is 1. The average molecular weight is 81.9 g/mol. The molecule has 1 heterocycles. The Hall–Kier alpha value is -0.235. The minimum atomic E-state index is -0.0648. The topological polar surface area (TPSA) is 20.2 Å². The highest BCUT2D eigenvalue weighted by Crippen LogP contribution is 2.05. The summed E-state index contributed by atoms with van der Waals surface area (Å²) >= 11 is 0. The number of rotatable bonds is 0. The van der Waals surface area contributed by atoms with Gasteiger partial charge in [-0.1, -0.05) is 12.2 Å². The predicted molar refractivity (Wildman–Crippen MR) is 26.7 cm³/mol. The Morgan fingerprint density at radius 3 is 2.00 bits per heavy atom. The van der Waals surface area contributed by atoms with Gasteiger partial charge in [-0.25, -0.2) is 0 Å². The van der Waals surface area contributed by atoms with Crippen molar-refractivity contribution < 1.29 is 5.02 Å². The molecule has 0 aromatic heterocycles. The second kappa shape index (κ2) is 1.48. The van der Waals surface area contributed by atoms with Crippen LogP contribution in [0.3, 0.4) is 0 Å². The SMILES string of the molecule is OB1CC=CC1. The summed E-state index contributed by atoms with van der Waals surface area (Å²) in [5.74, 6) is 0. The van der Waals surface area contributed by atoms with Gasteiger partial charge in [0, 0.05) is 0 Å². The molecule has 0 spiro atoms. The Labute approximate surface area is 37.8 Å². The number of hydrogen-bond acceptors (Lipinski definition) is 1. The first kappa shape index (κ1) is 3.94. The van der Waals surface area contributed by atoms with Crippen LogP contribution in [0.2, 0.25) is 12.6 Å². The predicted octanol–water partition coefficient (Wildman–Crippen LogP) is 0.540. The van der Waals surface area contributed by atoms with Gasteiger partial charge in [0.15, 0.2) is 0 Å². The van der Waals surface area contributed by atoms with Crippen LogP contribution in [-0.2, 0) is 0 Å². The van der Waals surface area contributed by atoms with Crippen molar-refractivity contribution in [2.45, 2.75) is 12.6 Å². The molecule has 1 N–H and O–H groups in total. The summed E-state index contributed by atoms with van der Waals surface area (Å²) in [5, 5.41) is 8.67. The first-order chi connectivity index (χ1) is 2.89. The molecule has 0 saturated carbocycles. The lowest BCUT2D eigenvalue weighted by Crippen LogP contribution is -2.02. The Kier molecular flexibility index (Phi) is 0.969. The fraction of sp³-hybridized carbons (Fsp3) is 0.500. The normalized spacial score (nSPS) is 19.8. The third-order valence-corrected chi connectivity index (χ3v) is 0.983. The smallest absolute Gasteiger partial charge is 0.296 e. The molecule has 6 heavy (non-hydrogen) atoms. The van der Waals surface area contributed by atoms with Crippen LogP contribution in [0.1, 0.15) is 0 Å². The van der Waals surface area contributed by atoms with Gasteiger partial charge in [0.1, 0.15) is 0 Å². The molecule has 0 aromatic carbocycles. The summed E-state index contributed by atoms with van der Waals surface area (Å²) in [6, 6.07) is 0. The molecule has 0 atom stereocenters. The van der Waals surface area contributed by atoms with Crippen molar-refractivity contribution >= 4 is 6.92 Å². The van der Waals surface area contributed by atoms with Crippen LogP contribution in [0.5, 0.6) is 0 Å². The van der Waals surface area contributed by atoms with Gasteiger partial charge in [-0.2, -0.15) is 0 Å². The molecule has 0 radical (unpaired) electrons. The van der Waals surface area contributed by atoms with E-state index in [2.05, 4.69) is 0 Å². The van der Waals surface area contributed by atoms with Crippen LogP contribution in [-0.4, -0.2) is 11.9 Å². The Bertz CT molecular complexity index is 61.9. The van der Waals surface area contributed by atoms with Crippen LogP contribution < -0.4 is 0 Å². The zero-order chi connectivity index (χ0) is 4.41. The average Bonchev–Trinajstić information content (AvgIpc) is 1.86. The molecule has 0 aromatic rings. The van der Waals surface area contributed by atoms with E-state index in [-0.39, 0.29) is 6.92 Å². The highest BCUT2D eigenvalue weighted by atomic mass is 16.2. The lowest BCUT2D eigenvalue weighted by Gasteiger charge is -1.84. The van der Waals surface area contributed by atoms with Crippen molar-refractivity contribution in [2.24, 2.45) is 0 Å². The maximum absolute atomic E-state index is 8.67. The van der Waals surface area contributed by atoms with E-state index in [0.717, 1.165) is 12.6 Å². The molecule has 0 saturated heterocycles. The molecule has 1 rings (SSSR count). The molecule has 32 valence electrons. The summed E-state index contributed by atoms with van der Waals surface area (Å²) in [7, 11) is 0. The zero-order valence-electron chi connectivity index (χ0n) is 3.59. The maximum atomic E-state index is 8.67. The molecule has 1 nitrogen and oxygen atoms in total. The summed E-state index contributed by atoms with van der Waals surface area (Å²) in [5.41, 5.74) is 0. The van der Waals surface area contributed by atoms with Crippen molar-refractivity contribution in [3.8, 4) is 0 Å². The van der Waals surface area contributed by atoms with E-state index in [4.69, 9.17) is 5.02 Å². The largest absolute Gasteiger partial charge is 0.450 e. The Morgan fingerprint density at radius 1 is 1.33 bits per heavy atom. The summed E-state index contributed by atoms with van der Waals surface area (Å²) in [6.07, 6.45) is 5.73. The minimum absolute atomic E-state index is 0.0648. The van der Waals surface area contributed by atoms with Crippen molar-refractivity contribution in [2.75, 3.05) is 0 Å². The fourth-order valence-electron chi connectivity index (χ4n) is 0.603. The van der Waals surface area contributed by atoms with E-state index in [1.807, 2.05) is 12.2 Å². The lowest BCUT2D eigenvalue weighted by atomic mass is 9.66. The molecule has 0 bridgehead atoms. The summed E-state index contributed by atoms with van der Waals surface area (Å²) in [4.78, 5) is 0. The van der Waals surface area contributed by atoms with Gasteiger partial charge >= 0.3 is 0 Å². The van der Waals surface area contributed by atoms with Crippen LogP contribution in [0.25, 0.3) is 0 Å². The molecule has 1 aliphatic rings.